The van der Waals surface area contributed by atoms with Crippen LogP contribution in [0, 0.1) is 0 Å². The lowest BCUT2D eigenvalue weighted by Crippen LogP contribution is -2.04. The zero-order chi connectivity index (χ0) is 11.4. The average Bonchev–Trinajstić information content (AvgIpc) is 2.39. The second-order valence-corrected chi connectivity index (χ2v) is 3.50. The summed E-state index contributed by atoms with van der Waals surface area (Å²) < 4.78 is 0. The lowest BCUT2D eigenvalue weighted by atomic mass is 9.99. The van der Waals surface area contributed by atoms with E-state index in [4.69, 9.17) is 0 Å². The minimum Gasteiger partial charge on any atom is -0.384 e. The molecule has 2 heterocycles. The lowest BCUT2D eigenvalue weighted by Gasteiger charge is -2.13. The van der Waals surface area contributed by atoms with Gasteiger partial charge >= 0.3 is 0 Å². The number of rotatable bonds is 3. The van der Waals surface area contributed by atoms with E-state index in [9.17, 15) is 5.11 Å². The first-order chi connectivity index (χ1) is 7.83. The zero-order valence-electron chi connectivity index (χ0n) is 9.04. The van der Waals surface area contributed by atoms with Gasteiger partial charge in [0.2, 0.25) is 0 Å². The molecule has 0 spiro atoms. The molecule has 1 atom stereocenters. The molecule has 0 aliphatic rings. The Morgan fingerprint density at radius 1 is 1.19 bits per heavy atom. The number of aliphatic hydroxyl groups excluding tert-OH is 1. The Balaban J connectivity index is 2.37. The Labute approximate surface area is 94.0 Å². The third kappa shape index (κ3) is 2.06. The Bertz CT molecular complexity index is 459. The summed E-state index contributed by atoms with van der Waals surface area (Å²) in [4.78, 5) is 11.8. The Morgan fingerprint density at radius 3 is 2.62 bits per heavy atom. The van der Waals surface area contributed by atoms with E-state index in [1.807, 2.05) is 13.0 Å². The van der Waals surface area contributed by atoms with Crippen LogP contribution in [-0.4, -0.2) is 20.1 Å². The molecule has 0 fully saturated rings. The van der Waals surface area contributed by atoms with Crippen molar-refractivity contribution in [3.63, 3.8) is 0 Å². The fraction of sp³-hybridized carbons (Fsp3) is 0.250. The summed E-state index contributed by atoms with van der Waals surface area (Å²) in [6, 6.07) is 1.83. The predicted molar refractivity (Wildman–Crippen MR) is 59.7 cm³/mol. The maximum absolute atomic E-state index is 10.2. The van der Waals surface area contributed by atoms with Crippen LogP contribution in [0.5, 0.6) is 0 Å². The van der Waals surface area contributed by atoms with Gasteiger partial charge in [-0.15, -0.1) is 0 Å². The van der Waals surface area contributed by atoms with Crippen molar-refractivity contribution >= 4 is 0 Å². The topological polar surface area (TPSA) is 58.9 Å². The van der Waals surface area contributed by atoms with Gasteiger partial charge in [-0.2, -0.15) is 0 Å². The van der Waals surface area contributed by atoms with Crippen molar-refractivity contribution < 1.29 is 5.11 Å². The highest BCUT2D eigenvalue weighted by molar-refractivity contribution is 5.31. The molecule has 0 amide bonds. The number of pyridine rings is 1. The molecule has 1 N–H and O–H groups in total. The summed E-state index contributed by atoms with van der Waals surface area (Å²) in [5.41, 5.74) is 2.61. The molecule has 0 radical (unpaired) electrons. The molecule has 2 aromatic heterocycles. The van der Waals surface area contributed by atoms with Crippen molar-refractivity contribution in [3.05, 3.63) is 53.9 Å². The van der Waals surface area contributed by atoms with Crippen molar-refractivity contribution in [2.24, 2.45) is 0 Å². The quantitative estimate of drug-likeness (QED) is 0.843. The highest BCUT2D eigenvalue weighted by Gasteiger charge is 2.13. The highest BCUT2D eigenvalue weighted by atomic mass is 16.3. The van der Waals surface area contributed by atoms with E-state index in [0.29, 0.717) is 5.56 Å². The highest BCUT2D eigenvalue weighted by Crippen LogP contribution is 2.23. The third-order valence-corrected chi connectivity index (χ3v) is 2.51. The van der Waals surface area contributed by atoms with Crippen LogP contribution < -0.4 is 0 Å². The second kappa shape index (κ2) is 4.81. The Morgan fingerprint density at radius 2 is 1.94 bits per heavy atom. The fourth-order valence-electron chi connectivity index (χ4n) is 1.63. The van der Waals surface area contributed by atoms with Crippen LogP contribution in [0.15, 0.2) is 37.2 Å². The molecule has 16 heavy (non-hydrogen) atoms. The number of hydrogen-bond donors (Lipinski definition) is 1. The molecule has 0 aliphatic carbocycles. The molecule has 2 rings (SSSR count). The molecule has 0 aliphatic heterocycles. The number of hydrogen-bond acceptors (Lipinski definition) is 4. The van der Waals surface area contributed by atoms with Crippen molar-refractivity contribution in [2.45, 2.75) is 19.4 Å². The smallest absolute Gasteiger partial charge is 0.115 e. The SMILES string of the molecule is CCc1cnccc1C(O)c1cncnc1. The van der Waals surface area contributed by atoms with Gasteiger partial charge in [-0.25, -0.2) is 9.97 Å². The van der Waals surface area contributed by atoms with Gasteiger partial charge in [-0.05, 0) is 23.6 Å². The summed E-state index contributed by atoms with van der Waals surface area (Å²) in [6.45, 7) is 2.04. The van der Waals surface area contributed by atoms with Crippen LogP contribution in [0.3, 0.4) is 0 Å². The van der Waals surface area contributed by atoms with E-state index in [0.717, 1.165) is 17.5 Å². The number of aryl methyl sites for hydroxylation is 1. The molecule has 0 saturated heterocycles. The van der Waals surface area contributed by atoms with Crippen molar-refractivity contribution in [2.75, 3.05) is 0 Å². The van der Waals surface area contributed by atoms with E-state index in [1.165, 1.54) is 6.33 Å². The molecule has 4 nitrogen and oxygen atoms in total. The molecule has 0 aromatic carbocycles. The monoisotopic (exact) mass is 215 g/mol. The first-order valence-electron chi connectivity index (χ1n) is 5.18. The zero-order valence-corrected chi connectivity index (χ0v) is 9.04. The van der Waals surface area contributed by atoms with Gasteiger partial charge in [0.1, 0.15) is 12.4 Å². The predicted octanol–water partition coefficient (Wildman–Crippen LogP) is 1.52. The molecule has 1 unspecified atom stereocenters. The van der Waals surface area contributed by atoms with Gasteiger partial charge in [0.15, 0.2) is 0 Å². The maximum Gasteiger partial charge on any atom is 0.115 e. The van der Waals surface area contributed by atoms with Crippen LogP contribution in [0.25, 0.3) is 0 Å². The first kappa shape index (κ1) is 10.7. The van der Waals surface area contributed by atoms with Crippen molar-refractivity contribution in [1.29, 1.82) is 0 Å². The van der Waals surface area contributed by atoms with Gasteiger partial charge < -0.3 is 5.11 Å². The normalized spacial score (nSPS) is 12.4. The Kier molecular flexibility index (Phi) is 3.22. The summed E-state index contributed by atoms with van der Waals surface area (Å²) in [7, 11) is 0. The van der Waals surface area contributed by atoms with E-state index in [-0.39, 0.29) is 0 Å². The number of nitrogens with zero attached hydrogens (tertiary/aromatic N) is 3. The van der Waals surface area contributed by atoms with E-state index >= 15 is 0 Å². The van der Waals surface area contributed by atoms with Gasteiger partial charge in [0.05, 0.1) is 0 Å². The van der Waals surface area contributed by atoms with Crippen LogP contribution in [0.1, 0.15) is 29.7 Å². The third-order valence-electron chi connectivity index (χ3n) is 2.51. The van der Waals surface area contributed by atoms with Crippen molar-refractivity contribution in [3.8, 4) is 0 Å². The lowest BCUT2D eigenvalue weighted by molar-refractivity contribution is 0.218. The van der Waals surface area contributed by atoms with E-state index in [1.54, 1.807) is 24.8 Å². The van der Waals surface area contributed by atoms with E-state index in [2.05, 4.69) is 15.0 Å². The average molecular weight is 215 g/mol. The summed E-state index contributed by atoms with van der Waals surface area (Å²) in [5, 5.41) is 10.2. The molecule has 0 bridgehead atoms. The van der Waals surface area contributed by atoms with Gasteiger partial charge in [0, 0.05) is 30.4 Å². The van der Waals surface area contributed by atoms with E-state index < -0.39 is 6.10 Å². The molecular formula is C12H13N3O. The number of aliphatic hydroxyl groups is 1. The summed E-state index contributed by atoms with van der Waals surface area (Å²) in [6.07, 6.45) is 8.32. The maximum atomic E-state index is 10.2. The molecule has 4 heteroatoms. The van der Waals surface area contributed by atoms with Crippen LogP contribution >= 0.6 is 0 Å². The minimum absolute atomic E-state index is 0.681. The van der Waals surface area contributed by atoms with Gasteiger partial charge in [-0.3, -0.25) is 4.98 Å². The largest absolute Gasteiger partial charge is 0.384 e. The standard InChI is InChI=1S/C12H13N3O/c1-2-9-5-13-4-3-11(9)12(16)10-6-14-8-15-7-10/h3-8,12,16H,2H2,1H3. The number of aromatic nitrogens is 3. The molecule has 2 aromatic rings. The Hall–Kier alpha value is -1.81. The van der Waals surface area contributed by atoms with Crippen LogP contribution in [-0.2, 0) is 6.42 Å². The van der Waals surface area contributed by atoms with Crippen molar-refractivity contribution in [1.82, 2.24) is 15.0 Å². The molecule has 82 valence electrons. The summed E-state index contributed by atoms with van der Waals surface area (Å²) >= 11 is 0. The second-order valence-electron chi connectivity index (χ2n) is 3.50. The minimum atomic E-state index is -0.681. The van der Waals surface area contributed by atoms with Gasteiger partial charge in [0.25, 0.3) is 0 Å². The summed E-state index contributed by atoms with van der Waals surface area (Å²) in [5.74, 6) is 0. The van der Waals surface area contributed by atoms with Crippen LogP contribution in [0.4, 0.5) is 0 Å². The first-order valence-corrected chi connectivity index (χ1v) is 5.18. The molecular weight excluding hydrogens is 202 g/mol. The molecule has 0 saturated carbocycles. The van der Waals surface area contributed by atoms with Crippen LogP contribution in [0.2, 0.25) is 0 Å². The van der Waals surface area contributed by atoms with Gasteiger partial charge in [-0.1, -0.05) is 6.92 Å². The fourth-order valence-corrected chi connectivity index (χ4v) is 1.63.